The quantitative estimate of drug-likeness (QED) is 0.760. The number of carbonyl (C=O) groups excluding carboxylic acids is 1. The predicted molar refractivity (Wildman–Crippen MR) is 82.8 cm³/mol. The van der Waals surface area contributed by atoms with Gasteiger partial charge in [0.15, 0.2) is 0 Å². The van der Waals surface area contributed by atoms with Gasteiger partial charge in [0.25, 0.3) is 0 Å². The third kappa shape index (κ3) is 2.73. The average Bonchev–Trinajstić information content (AvgIpc) is 2.36. The molecule has 4 bridgehead atoms. The zero-order valence-electron chi connectivity index (χ0n) is 12.9. The largest absolute Gasteiger partial charge is 0.350 e. The molecule has 0 radical (unpaired) electrons. The third-order valence-corrected chi connectivity index (χ3v) is 6.81. The van der Waals surface area contributed by atoms with Gasteiger partial charge in [-0.3, -0.25) is 4.79 Å². The fraction of sp³-hybridized carbons (Fsp3) is 0.941. The molecule has 1 N–H and O–H groups in total. The van der Waals surface area contributed by atoms with Crippen molar-refractivity contribution in [2.75, 3.05) is 5.88 Å². The molecule has 4 aliphatic rings. The van der Waals surface area contributed by atoms with E-state index in [0.717, 1.165) is 30.6 Å². The van der Waals surface area contributed by atoms with Crippen LogP contribution in [0.3, 0.4) is 0 Å². The molecule has 0 spiro atoms. The van der Waals surface area contributed by atoms with Crippen molar-refractivity contribution in [2.24, 2.45) is 23.2 Å². The van der Waals surface area contributed by atoms with Crippen molar-refractivity contribution in [1.29, 1.82) is 0 Å². The Kier molecular flexibility index (Phi) is 3.81. The summed E-state index contributed by atoms with van der Waals surface area (Å²) in [7, 11) is 0. The van der Waals surface area contributed by atoms with E-state index in [1.54, 1.807) is 0 Å². The second kappa shape index (κ2) is 5.19. The zero-order valence-corrected chi connectivity index (χ0v) is 13.6. The van der Waals surface area contributed by atoms with Gasteiger partial charge in [0.05, 0.1) is 5.54 Å². The number of alkyl halides is 1. The molecule has 114 valence electrons. The summed E-state index contributed by atoms with van der Waals surface area (Å²) in [4.78, 5) is 12.5. The Morgan fingerprint density at radius 1 is 1.20 bits per heavy atom. The van der Waals surface area contributed by atoms with Gasteiger partial charge in [-0.15, -0.1) is 11.6 Å². The molecule has 1 atom stereocenters. The van der Waals surface area contributed by atoms with Gasteiger partial charge in [0, 0.05) is 12.3 Å². The Morgan fingerprint density at radius 2 is 1.70 bits per heavy atom. The van der Waals surface area contributed by atoms with E-state index < -0.39 is 0 Å². The molecular weight excluding hydrogens is 270 g/mol. The summed E-state index contributed by atoms with van der Waals surface area (Å²) < 4.78 is 0. The molecule has 4 rings (SSSR count). The number of hydrogen-bond acceptors (Lipinski definition) is 1. The number of hydrogen-bond donors (Lipinski definition) is 1. The Hall–Kier alpha value is -0.240. The summed E-state index contributed by atoms with van der Waals surface area (Å²) in [5.74, 6) is 3.48. The van der Waals surface area contributed by atoms with Crippen LogP contribution in [0.5, 0.6) is 0 Å². The van der Waals surface area contributed by atoms with Crippen LogP contribution in [0, 0.1) is 23.2 Å². The van der Waals surface area contributed by atoms with Crippen LogP contribution in [0.25, 0.3) is 0 Å². The molecule has 1 amide bonds. The second-order valence-electron chi connectivity index (χ2n) is 8.19. The lowest BCUT2D eigenvalue weighted by Gasteiger charge is -2.56. The summed E-state index contributed by atoms with van der Waals surface area (Å²) >= 11 is 6.01. The molecule has 4 saturated carbocycles. The highest BCUT2D eigenvalue weighted by Crippen LogP contribution is 2.61. The van der Waals surface area contributed by atoms with Crippen molar-refractivity contribution in [3.63, 3.8) is 0 Å². The van der Waals surface area contributed by atoms with E-state index in [-0.39, 0.29) is 11.4 Å². The van der Waals surface area contributed by atoms with Gasteiger partial charge < -0.3 is 5.32 Å². The van der Waals surface area contributed by atoms with Crippen LogP contribution in [0.4, 0.5) is 0 Å². The average molecular weight is 298 g/mol. The Bertz CT molecular complexity index is 353. The van der Waals surface area contributed by atoms with Gasteiger partial charge in [-0.25, -0.2) is 0 Å². The second-order valence-corrected chi connectivity index (χ2v) is 8.46. The van der Waals surface area contributed by atoms with Crippen molar-refractivity contribution in [2.45, 2.75) is 70.8 Å². The van der Waals surface area contributed by atoms with Crippen LogP contribution < -0.4 is 5.32 Å². The first-order valence-corrected chi connectivity index (χ1v) is 8.86. The summed E-state index contributed by atoms with van der Waals surface area (Å²) in [5, 5.41) is 3.20. The van der Waals surface area contributed by atoms with Gasteiger partial charge in [-0.2, -0.15) is 0 Å². The highest BCUT2D eigenvalue weighted by molar-refractivity contribution is 6.18. The van der Waals surface area contributed by atoms with Crippen LogP contribution in [0.15, 0.2) is 0 Å². The van der Waals surface area contributed by atoms with E-state index in [1.165, 1.54) is 38.5 Å². The Balaban J connectivity index is 1.64. The van der Waals surface area contributed by atoms with Gasteiger partial charge in [-0.05, 0) is 75.0 Å². The van der Waals surface area contributed by atoms with E-state index in [9.17, 15) is 4.79 Å². The monoisotopic (exact) mass is 297 g/mol. The molecule has 4 fully saturated rings. The lowest BCUT2D eigenvalue weighted by atomic mass is 9.49. The molecule has 0 saturated heterocycles. The molecule has 4 aliphatic carbocycles. The lowest BCUT2D eigenvalue weighted by Crippen LogP contribution is -2.51. The maximum atomic E-state index is 12.5. The van der Waals surface area contributed by atoms with E-state index in [2.05, 4.69) is 19.2 Å². The zero-order chi connectivity index (χ0) is 14.4. The van der Waals surface area contributed by atoms with Gasteiger partial charge in [0.2, 0.25) is 5.91 Å². The van der Waals surface area contributed by atoms with Gasteiger partial charge in [0.1, 0.15) is 0 Å². The van der Waals surface area contributed by atoms with Crippen molar-refractivity contribution in [3.05, 3.63) is 0 Å². The van der Waals surface area contributed by atoms with Crippen molar-refractivity contribution in [3.8, 4) is 0 Å². The Morgan fingerprint density at radius 3 is 2.10 bits per heavy atom. The predicted octanol–water partition coefficient (Wildman–Crippen LogP) is 4.12. The van der Waals surface area contributed by atoms with Crippen LogP contribution in [-0.4, -0.2) is 17.3 Å². The molecular formula is C17H28ClNO. The molecule has 0 heterocycles. The van der Waals surface area contributed by atoms with Crippen LogP contribution in [0.2, 0.25) is 0 Å². The summed E-state index contributed by atoms with van der Waals surface area (Å²) in [6.45, 7) is 4.14. The van der Waals surface area contributed by atoms with Crippen molar-refractivity contribution >= 4 is 17.5 Å². The molecule has 0 aromatic heterocycles. The fourth-order valence-electron chi connectivity index (χ4n) is 5.44. The van der Waals surface area contributed by atoms with E-state index >= 15 is 0 Å². The first kappa shape index (κ1) is 14.7. The third-order valence-electron chi connectivity index (χ3n) is 6.22. The lowest BCUT2D eigenvalue weighted by molar-refractivity contribution is -0.131. The van der Waals surface area contributed by atoms with E-state index in [0.29, 0.717) is 11.3 Å². The minimum atomic E-state index is -0.235. The minimum Gasteiger partial charge on any atom is -0.350 e. The number of carbonyl (C=O) groups is 1. The summed E-state index contributed by atoms with van der Waals surface area (Å²) in [5.41, 5.74) is 0.0979. The molecule has 0 aromatic rings. The van der Waals surface area contributed by atoms with Crippen molar-refractivity contribution < 1.29 is 4.79 Å². The standard InChI is InChI=1S/C17H28ClNO/c1-3-16(2,11-18)19-15(20)10-17-7-12-4-13(8-17)6-14(5-12)9-17/h12-14H,3-11H2,1-2H3,(H,19,20). The highest BCUT2D eigenvalue weighted by atomic mass is 35.5. The fourth-order valence-corrected chi connectivity index (χ4v) is 5.70. The van der Waals surface area contributed by atoms with Crippen LogP contribution in [0.1, 0.15) is 65.2 Å². The van der Waals surface area contributed by atoms with Gasteiger partial charge >= 0.3 is 0 Å². The SMILES string of the molecule is CCC(C)(CCl)NC(=O)CC12CC3CC(CC(C3)C1)C2. The summed E-state index contributed by atoms with van der Waals surface area (Å²) in [6, 6.07) is 0. The minimum absolute atomic E-state index is 0.233. The summed E-state index contributed by atoms with van der Waals surface area (Å²) in [6.07, 6.45) is 9.86. The molecule has 2 nitrogen and oxygen atoms in total. The van der Waals surface area contributed by atoms with Crippen LogP contribution in [-0.2, 0) is 4.79 Å². The van der Waals surface area contributed by atoms with Crippen molar-refractivity contribution in [1.82, 2.24) is 5.32 Å². The highest BCUT2D eigenvalue weighted by Gasteiger charge is 2.51. The number of rotatable bonds is 5. The molecule has 3 heteroatoms. The first-order chi connectivity index (χ1) is 9.46. The number of amides is 1. The topological polar surface area (TPSA) is 29.1 Å². The Labute approximate surface area is 128 Å². The number of halogens is 1. The normalized spacial score (nSPS) is 41.5. The smallest absolute Gasteiger partial charge is 0.221 e. The molecule has 0 aliphatic heterocycles. The molecule has 20 heavy (non-hydrogen) atoms. The molecule has 0 aromatic carbocycles. The number of nitrogens with one attached hydrogen (secondary N) is 1. The maximum Gasteiger partial charge on any atom is 0.221 e. The van der Waals surface area contributed by atoms with Gasteiger partial charge in [-0.1, -0.05) is 6.92 Å². The van der Waals surface area contributed by atoms with E-state index in [4.69, 9.17) is 11.6 Å². The molecule has 1 unspecified atom stereocenters. The maximum absolute atomic E-state index is 12.5. The first-order valence-electron chi connectivity index (χ1n) is 8.33. The van der Waals surface area contributed by atoms with E-state index in [1.807, 2.05) is 0 Å². The van der Waals surface area contributed by atoms with Crippen LogP contribution >= 0.6 is 11.6 Å².